The fourth-order valence-corrected chi connectivity index (χ4v) is 2.32. The van der Waals surface area contributed by atoms with Crippen molar-refractivity contribution in [3.05, 3.63) is 0 Å². The number of rotatable bonds is 12. The van der Waals surface area contributed by atoms with Gasteiger partial charge in [-0.2, -0.15) is 0 Å². The maximum atomic E-state index is 11.5. The highest BCUT2D eigenvalue weighted by Crippen LogP contribution is 2.09. The lowest BCUT2D eigenvalue weighted by molar-refractivity contribution is -0.146. The first-order chi connectivity index (χ1) is 10.8. The average molecular weight is 370 g/mol. The largest absolute Gasteiger partial charge is 0.449 e. The van der Waals surface area contributed by atoms with E-state index < -0.39 is 38.7 Å². The van der Waals surface area contributed by atoms with Crippen LogP contribution in [0.3, 0.4) is 0 Å². The first-order valence-electron chi connectivity index (χ1n) is 7.44. The predicted octanol–water partition coefficient (Wildman–Crippen LogP) is 1.79. The van der Waals surface area contributed by atoms with E-state index in [1.165, 1.54) is 20.3 Å². The lowest BCUT2D eigenvalue weighted by Gasteiger charge is -2.11. The minimum Gasteiger partial charge on any atom is -0.449 e. The average Bonchev–Trinajstić information content (AvgIpc) is 2.49. The van der Waals surface area contributed by atoms with E-state index in [0.29, 0.717) is 12.8 Å². The lowest BCUT2D eigenvalue weighted by Crippen LogP contribution is -2.20. The third-order valence-electron chi connectivity index (χ3n) is 3.01. The van der Waals surface area contributed by atoms with Gasteiger partial charge in [0, 0.05) is 19.1 Å². The minimum absolute atomic E-state index is 0.238. The van der Waals surface area contributed by atoms with Gasteiger partial charge in [0.2, 0.25) is 0 Å². The maximum Gasteiger partial charge on any atom is 0.307 e. The van der Waals surface area contributed by atoms with Gasteiger partial charge in [0.15, 0.2) is 22.0 Å². The summed E-state index contributed by atoms with van der Waals surface area (Å²) in [6.45, 7) is 3.10. The number of hydrogen-bond donors (Lipinski definition) is 0. The molecule has 0 aromatic heterocycles. The first kappa shape index (κ1) is 22.2. The standard InChI is InChI=1S/C14H26O7S2/c1-11(22(4)17)20-13(15)9-7-5-6-8-10-14(16)21-12(2)23(18)19-3/h11-12H,5-10H2,1-4H3. The number of carbonyl (C=O) groups excluding carboxylic acids is 2. The molecule has 23 heavy (non-hydrogen) atoms. The molecule has 0 aliphatic heterocycles. The fraction of sp³-hybridized carbons (Fsp3) is 0.857. The Hall–Kier alpha value is -0.800. The van der Waals surface area contributed by atoms with E-state index in [2.05, 4.69) is 4.18 Å². The Morgan fingerprint density at radius 3 is 1.70 bits per heavy atom. The highest BCUT2D eigenvalue weighted by atomic mass is 32.2. The molecule has 0 spiro atoms. The van der Waals surface area contributed by atoms with E-state index >= 15 is 0 Å². The Bertz CT molecular complexity index is 425. The third-order valence-corrected chi connectivity index (χ3v) is 5.01. The normalized spacial score (nSPS) is 16.2. The van der Waals surface area contributed by atoms with Crippen LogP contribution in [0.4, 0.5) is 0 Å². The summed E-state index contributed by atoms with van der Waals surface area (Å²) in [5.41, 5.74) is -1.37. The van der Waals surface area contributed by atoms with E-state index in [1.54, 1.807) is 6.92 Å². The van der Waals surface area contributed by atoms with Gasteiger partial charge in [0.05, 0.1) is 17.9 Å². The summed E-state index contributed by atoms with van der Waals surface area (Å²) in [6, 6.07) is 0. The van der Waals surface area contributed by atoms with Crippen LogP contribution < -0.4 is 0 Å². The van der Waals surface area contributed by atoms with Gasteiger partial charge in [-0.3, -0.25) is 18.0 Å². The molecule has 0 saturated heterocycles. The van der Waals surface area contributed by atoms with Crippen LogP contribution in [0.15, 0.2) is 0 Å². The van der Waals surface area contributed by atoms with Crippen molar-refractivity contribution in [2.75, 3.05) is 13.4 Å². The zero-order valence-electron chi connectivity index (χ0n) is 14.1. The molecule has 0 aliphatic rings. The van der Waals surface area contributed by atoms with Gasteiger partial charge in [-0.1, -0.05) is 12.8 Å². The molecular weight excluding hydrogens is 344 g/mol. The van der Waals surface area contributed by atoms with Crippen LogP contribution in [0.25, 0.3) is 0 Å². The molecule has 0 aromatic rings. The van der Waals surface area contributed by atoms with Crippen LogP contribution in [0, 0.1) is 0 Å². The molecule has 136 valence electrons. The first-order valence-corrected chi connectivity index (χ1v) is 10.2. The summed E-state index contributed by atoms with van der Waals surface area (Å²) in [7, 11) is 0.101. The highest BCUT2D eigenvalue weighted by Gasteiger charge is 2.15. The molecule has 7 nitrogen and oxygen atoms in total. The Balaban J connectivity index is 3.66. The van der Waals surface area contributed by atoms with Crippen LogP contribution in [0.5, 0.6) is 0 Å². The highest BCUT2D eigenvalue weighted by molar-refractivity contribution is 7.84. The molecule has 0 radical (unpaired) electrons. The summed E-state index contributed by atoms with van der Waals surface area (Å²) < 4.78 is 36.7. The molecule has 0 heterocycles. The second-order valence-electron chi connectivity index (χ2n) is 4.95. The monoisotopic (exact) mass is 370 g/mol. The molecule has 0 N–H and O–H groups in total. The van der Waals surface area contributed by atoms with E-state index in [-0.39, 0.29) is 18.8 Å². The second kappa shape index (κ2) is 12.6. The number of esters is 2. The summed E-state index contributed by atoms with van der Waals surface area (Å²) >= 11 is -1.63. The van der Waals surface area contributed by atoms with Crippen molar-refractivity contribution in [1.82, 2.24) is 0 Å². The number of unbranched alkanes of at least 4 members (excludes halogenated alkanes) is 3. The van der Waals surface area contributed by atoms with Crippen molar-refractivity contribution >= 4 is 33.8 Å². The van der Waals surface area contributed by atoms with Gasteiger partial charge in [0.25, 0.3) is 0 Å². The molecule has 9 heteroatoms. The summed E-state index contributed by atoms with van der Waals surface area (Å²) in [5.74, 6) is -0.774. The number of carbonyl (C=O) groups is 2. The van der Waals surface area contributed by atoms with E-state index in [0.717, 1.165) is 12.8 Å². The summed E-state index contributed by atoms with van der Waals surface area (Å²) in [4.78, 5) is 22.9. The molecule has 0 amide bonds. The number of hydrogen-bond acceptors (Lipinski definition) is 7. The molecule has 0 aromatic carbocycles. The smallest absolute Gasteiger partial charge is 0.307 e. The van der Waals surface area contributed by atoms with Gasteiger partial charge in [-0.05, 0) is 26.7 Å². The second-order valence-corrected chi connectivity index (χ2v) is 8.13. The quantitative estimate of drug-likeness (QED) is 0.382. The van der Waals surface area contributed by atoms with Crippen LogP contribution in [0.2, 0.25) is 0 Å². The Morgan fingerprint density at radius 1 is 0.870 bits per heavy atom. The third kappa shape index (κ3) is 11.4. The minimum atomic E-state index is -1.63. The molecule has 0 fully saturated rings. The Morgan fingerprint density at radius 2 is 1.30 bits per heavy atom. The van der Waals surface area contributed by atoms with Gasteiger partial charge in [0.1, 0.15) is 0 Å². The van der Waals surface area contributed by atoms with Crippen LogP contribution in [0.1, 0.15) is 52.4 Å². The van der Waals surface area contributed by atoms with Crippen molar-refractivity contribution in [2.45, 2.75) is 63.2 Å². The van der Waals surface area contributed by atoms with Crippen molar-refractivity contribution < 1.29 is 31.7 Å². The molecule has 0 saturated carbocycles. The SMILES string of the molecule is COS(=O)C(C)OC(=O)CCCCCCC(=O)OC(C)S(C)=O. The topological polar surface area (TPSA) is 96.0 Å². The van der Waals surface area contributed by atoms with Crippen molar-refractivity contribution in [1.29, 1.82) is 0 Å². The summed E-state index contributed by atoms with van der Waals surface area (Å²) in [6.07, 6.45) is 4.85. The molecule has 0 rings (SSSR count). The molecule has 4 unspecified atom stereocenters. The van der Waals surface area contributed by atoms with Crippen molar-refractivity contribution in [3.8, 4) is 0 Å². The van der Waals surface area contributed by atoms with Gasteiger partial charge < -0.3 is 9.47 Å². The zero-order valence-corrected chi connectivity index (χ0v) is 15.7. The maximum absolute atomic E-state index is 11.5. The van der Waals surface area contributed by atoms with E-state index in [1.807, 2.05) is 0 Å². The van der Waals surface area contributed by atoms with Gasteiger partial charge >= 0.3 is 11.9 Å². The van der Waals surface area contributed by atoms with Crippen LogP contribution >= 0.6 is 0 Å². The summed E-state index contributed by atoms with van der Waals surface area (Å²) in [5, 5.41) is 0. The van der Waals surface area contributed by atoms with E-state index in [9.17, 15) is 18.0 Å². The Labute approximate surface area is 142 Å². The predicted molar refractivity (Wildman–Crippen MR) is 88.0 cm³/mol. The zero-order chi connectivity index (χ0) is 17.8. The van der Waals surface area contributed by atoms with Gasteiger partial charge in [-0.25, -0.2) is 4.21 Å². The van der Waals surface area contributed by atoms with Crippen molar-refractivity contribution in [2.24, 2.45) is 0 Å². The molecular formula is C14H26O7S2. The van der Waals surface area contributed by atoms with Crippen molar-refractivity contribution in [3.63, 3.8) is 0 Å². The van der Waals surface area contributed by atoms with Crippen LogP contribution in [-0.4, -0.2) is 44.6 Å². The van der Waals surface area contributed by atoms with E-state index in [4.69, 9.17) is 9.47 Å². The van der Waals surface area contributed by atoms with Crippen LogP contribution in [-0.2, 0) is 45.1 Å². The fourth-order valence-electron chi connectivity index (χ4n) is 1.62. The lowest BCUT2D eigenvalue weighted by atomic mass is 10.1. The molecule has 4 atom stereocenters. The van der Waals surface area contributed by atoms with Gasteiger partial charge in [-0.15, -0.1) is 0 Å². The molecule has 0 aliphatic carbocycles. The molecule has 0 bridgehead atoms. The number of ether oxygens (including phenoxy) is 2. The Kier molecular flexibility index (Phi) is 12.2.